The monoisotopic (exact) mass is 716 g/mol. The van der Waals surface area contributed by atoms with Crippen molar-refractivity contribution in [1.82, 2.24) is 0 Å². The van der Waals surface area contributed by atoms with Crippen LogP contribution in [-0.4, -0.2) is 0 Å². The van der Waals surface area contributed by atoms with E-state index in [0.29, 0.717) is 0 Å². The third-order valence-electron chi connectivity index (χ3n) is 10.8. The van der Waals surface area contributed by atoms with Gasteiger partial charge >= 0.3 is 0 Å². The highest BCUT2D eigenvalue weighted by Gasteiger charge is 2.35. The fourth-order valence-corrected chi connectivity index (χ4v) is 9.72. The van der Waals surface area contributed by atoms with Crippen molar-refractivity contribution in [1.29, 1.82) is 0 Å². The molecule has 0 saturated carbocycles. The minimum atomic E-state index is -0.0753. The molecule has 0 atom stereocenters. The molecule has 2 heterocycles. The van der Waals surface area contributed by atoms with Crippen LogP contribution in [0.5, 0.6) is 0 Å². The molecule has 1 aliphatic carbocycles. The molecular weight excluding hydrogens is 681 g/mol. The second kappa shape index (κ2) is 12.6. The normalized spacial score (nSPS) is 12.9. The maximum atomic E-state index is 2.41. The molecule has 254 valence electrons. The van der Waals surface area contributed by atoms with Crippen molar-refractivity contribution < 1.29 is 0 Å². The summed E-state index contributed by atoms with van der Waals surface area (Å²) in [6.07, 6.45) is 0. The van der Waals surface area contributed by atoms with Crippen LogP contribution in [0, 0.1) is 0 Å². The Kier molecular flexibility index (Phi) is 7.57. The van der Waals surface area contributed by atoms with Gasteiger partial charge in [-0.15, -0.1) is 22.7 Å². The van der Waals surface area contributed by atoms with Gasteiger partial charge in [0.2, 0.25) is 0 Å². The lowest BCUT2D eigenvalue weighted by Gasteiger charge is -2.28. The molecule has 0 amide bonds. The van der Waals surface area contributed by atoms with Crippen molar-refractivity contribution in [3.8, 4) is 22.3 Å². The van der Waals surface area contributed by atoms with E-state index in [1.54, 1.807) is 22.7 Å². The number of hydrogen-bond donors (Lipinski definition) is 0. The zero-order chi connectivity index (χ0) is 35.5. The standard InChI is InChI=1S/C49H36N2S2/c1-49(2)45-11-7-6-10-43(45)44-25-24-40(30-46(44)49)51(42-23-17-36-27-29-53-48(36)32-42)39-20-14-34(15-21-39)33-12-18-38(19-13-33)50(37-8-4-3-5-9-37)41-22-16-35-26-28-52-47(35)31-41/h3-32H,1-2H3. The van der Waals surface area contributed by atoms with Gasteiger partial charge in [-0.05, 0) is 140 Å². The Morgan fingerprint density at radius 1 is 0.377 bits per heavy atom. The van der Waals surface area contributed by atoms with Gasteiger partial charge < -0.3 is 9.80 Å². The van der Waals surface area contributed by atoms with Gasteiger partial charge in [-0.3, -0.25) is 0 Å². The van der Waals surface area contributed by atoms with Crippen molar-refractivity contribution in [2.45, 2.75) is 19.3 Å². The van der Waals surface area contributed by atoms with Gasteiger partial charge in [0.05, 0.1) is 0 Å². The summed E-state index contributed by atoms with van der Waals surface area (Å²) >= 11 is 3.57. The Morgan fingerprint density at radius 2 is 0.830 bits per heavy atom. The molecule has 0 N–H and O–H groups in total. The average molecular weight is 717 g/mol. The van der Waals surface area contributed by atoms with Crippen molar-refractivity contribution >= 4 is 77.0 Å². The van der Waals surface area contributed by atoms with E-state index >= 15 is 0 Å². The molecule has 9 aromatic rings. The van der Waals surface area contributed by atoms with Crippen LogP contribution in [0.4, 0.5) is 34.1 Å². The highest BCUT2D eigenvalue weighted by Crippen LogP contribution is 2.51. The Bertz CT molecular complexity index is 2760. The van der Waals surface area contributed by atoms with E-state index in [0.717, 1.165) is 28.4 Å². The number of hydrogen-bond acceptors (Lipinski definition) is 4. The summed E-state index contributed by atoms with van der Waals surface area (Å²) in [6, 6.07) is 62.5. The van der Waals surface area contributed by atoms with Crippen LogP contribution in [0.3, 0.4) is 0 Å². The van der Waals surface area contributed by atoms with E-state index in [1.807, 2.05) is 0 Å². The van der Waals surface area contributed by atoms with Gasteiger partial charge in [0, 0.05) is 48.9 Å². The zero-order valence-corrected chi connectivity index (χ0v) is 31.2. The number of rotatable bonds is 7. The Balaban J connectivity index is 1.01. The van der Waals surface area contributed by atoms with E-state index in [-0.39, 0.29) is 5.41 Å². The topological polar surface area (TPSA) is 6.48 Å². The molecule has 4 heteroatoms. The Hall–Kier alpha value is -5.94. The molecule has 1 aliphatic rings. The van der Waals surface area contributed by atoms with E-state index in [4.69, 9.17) is 0 Å². The molecule has 53 heavy (non-hydrogen) atoms. The molecule has 10 rings (SSSR count). The molecule has 0 spiro atoms. The second-order valence-electron chi connectivity index (χ2n) is 14.3. The minimum Gasteiger partial charge on any atom is -0.310 e. The van der Waals surface area contributed by atoms with E-state index in [9.17, 15) is 0 Å². The van der Waals surface area contributed by atoms with Crippen LogP contribution >= 0.6 is 22.7 Å². The molecule has 7 aromatic carbocycles. The van der Waals surface area contributed by atoms with Gasteiger partial charge in [0.15, 0.2) is 0 Å². The van der Waals surface area contributed by atoms with Gasteiger partial charge in [-0.1, -0.05) is 98.8 Å². The molecule has 2 aromatic heterocycles. The fourth-order valence-electron chi connectivity index (χ4n) is 8.07. The molecule has 0 unspecified atom stereocenters. The van der Waals surface area contributed by atoms with Crippen molar-refractivity contribution in [2.24, 2.45) is 0 Å². The smallest absolute Gasteiger partial charge is 0.0476 e. The van der Waals surface area contributed by atoms with Crippen LogP contribution in [-0.2, 0) is 5.41 Å². The molecule has 0 aliphatic heterocycles. The molecule has 0 bridgehead atoms. The fraction of sp³-hybridized carbons (Fsp3) is 0.0612. The van der Waals surface area contributed by atoms with Gasteiger partial charge in [0.25, 0.3) is 0 Å². The van der Waals surface area contributed by atoms with Crippen molar-refractivity contribution in [2.75, 3.05) is 9.80 Å². The lowest BCUT2D eigenvalue weighted by molar-refractivity contribution is 0.660. The van der Waals surface area contributed by atoms with Crippen LogP contribution in [0.15, 0.2) is 181 Å². The highest BCUT2D eigenvalue weighted by molar-refractivity contribution is 7.17. The van der Waals surface area contributed by atoms with Crippen LogP contribution in [0.2, 0.25) is 0 Å². The lowest BCUT2D eigenvalue weighted by atomic mass is 9.82. The first kappa shape index (κ1) is 31.8. The van der Waals surface area contributed by atoms with Crippen LogP contribution < -0.4 is 9.80 Å². The number of benzene rings is 7. The Labute approximate surface area is 318 Å². The van der Waals surface area contributed by atoms with Gasteiger partial charge in [-0.25, -0.2) is 0 Å². The summed E-state index contributed by atoms with van der Waals surface area (Å²) in [6.45, 7) is 4.70. The summed E-state index contributed by atoms with van der Waals surface area (Å²) in [5.74, 6) is 0. The van der Waals surface area contributed by atoms with Crippen molar-refractivity contribution in [3.05, 3.63) is 192 Å². The predicted molar refractivity (Wildman–Crippen MR) is 230 cm³/mol. The van der Waals surface area contributed by atoms with E-state index in [2.05, 4.69) is 204 Å². The first-order valence-electron chi connectivity index (χ1n) is 18.1. The maximum absolute atomic E-state index is 2.41. The quantitative estimate of drug-likeness (QED) is 0.162. The predicted octanol–water partition coefficient (Wildman–Crippen LogP) is 15.0. The summed E-state index contributed by atoms with van der Waals surface area (Å²) in [5, 5.41) is 6.90. The number of para-hydroxylation sites is 1. The summed E-state index contributed by atoms with van der Waals surface area (Å²) < 4.78 is 2.58. The van der Waals surface area contributed by atoms with E-state index in [1.165, 1.54) is 59.2 Å². The highest BCUT2D eigenvalue weighted by atomic mass is 32.1. The number of anilines is 6. The minimum absolute atomic E-state index is 0.0753. The third kappa shape index (κ3) is 5.45. The van der Waals surface area contributed by atoms with Crippen LogP contribution in [0.1, 0.15) is 25.0 Å². The van der Waals surface area contributed by atoms with Crippen LogP contribution in [0.25, 0.3) is 42.4 Å². The molecule has 0 fully saturated rings. The van der Waals surface area contributed by atoms with Gasteiger partial charge in [-0.2, -0.15) is 0 Å². The van der Waals surface area contributed by atoms with Crippen molar-refractivity contribution in [3.63, 3.8) is 0 Å². The first-order valence-corrected chi connectivity index (χ1v) is 19.8. The summed E-state index contributed by atoms with van der Waals surface area (Å²) in [7, 11) is 0. The second-order valence-corrected chi connectivity index (χ2v) is 16.2. The van der Waals surface area contributed by atoms with E-state index < -0.39 is 0 Å². The van der Waals surface area contributed by atoms with Gasteiger partial charge in [0.1, 0.15) is 0 Å². The molecule has 2 nitrogen and oxygen atoms in total. The number of fused-ring (bicyclic) bond motifs is 5. The zero-order valence-electron chi connectivity index (χ0n) is 29.5. The molecular formula is C49H36N2S2. The number of thiophene rings is 2. The average Bonchev–Trinajstić information content (AvgIpc) is 3.93. The summed E-state index contributed by atoms with van der Waals surface area (Å²) in [4.78, 5) is 4.75. The first-order chi connectivity index (χ1) is 26.0. The SMILES string of the molecule is CC1(C)c2ccccc2-c2ccc(N(c3ccc(-c4ccc(N(c5ccccc5)c5ccc6ccsc6c5)cc4)cc3)c3ccc4ccsc4c3)cc21. The number of nitrogens with zero attached hydrogens (tertiary/aromatic N) is 2. The molecule has 0 radical (unpaired) electrons. The maximum Gasteiger partial charge on any atom is 0.0476 e. The lowest BCUT2D eigenvalue weighted by Crippen LogP contribution is -2.16. The largest absolute Gasteiger partial charge is 0.310 e. The third-order valence-corrected chi connectivity index (χ3v) is 12.6. The molecule has 0 saturated heterocycles. The Morgan fingerprint density at radius 3 is 1.43 bits per heavy atom. The summed E-state index contributed by atoms with van der Waals surface area (Å²) in [5.41, 5.74) is 14.6.